The van der Waals surface area contributed by atoms with Crippen molar-refractivity contribution in [2.75, 3.05) is 0 Å². The van der Waals surface area contributed by atoms with Crippen molar-refractivity contribution in [2.24, 2.45) is 0 Å². The number of rotatable bonds is 13. The number of unbranched alkanes of at least 4 members (excludes halogenated alkanes) is 2. The Labute approximate surface area is 192 Å². The second-order valence-corrected chi connectivity index (χ2v) is 8.64. The van der Waals surface area contributed by atoms with E-state index >= 15 is 0 Å². The van der Waals surface area contributed by atoms with Gasteiger partial charge >= 0.3 is 8.60 Å². The van der Waals surface area contributed by atoms with Crippen LogP contribution in [0.1, 0.15) is 56.4 Å². The van der Waals surface area contributed by atoms with Gasteiger partial charge in [-0.05, 0) is 61.1 Å². The molecule has 32 heavy (non-hydrogen) atoms. The molecule has 0 atom stereocenters. The molecule has 1 heterocycles. The van der Waals surface area contributed by atoms with Crippen LogP contribution < -0.4 is 9.05 Å². The van der Waals surface area contributed by atoms with Crippen LogP contribution >= 0.6 is 8.60 Å². The maximum Gasteiger partial charge on any atom is 0.463 e. The van der Waals surface area contributed by atoms with Crippen molar-refractivity contribution in [3.63, 3.8) is 0 Å². The lowest BCUT2D eigenvalue weighted by atomic mass is 10.1. The summed E-state index contributed by atoms with van der Waals surface area (Å²) in [5.74, 6) is 1.63. The molecule has 0 aliphatic heterocycles. The molecule has 1 N–H and O–H groups in total. The van der Waals surface area contributed by atoms with E-state index in [4.69, 9.17) is 13.6 Å². The van der Waals surface area contributed by atoms with Crippen LogP contribution in [0.2, 0.25) is 0 Å². The van der Waals surface area contributed by atoms with Crippen molar-refractivity contribution in [1.82, 2.24) is 4.98 Å². The lowest BCUT2D eigenvalue weighted by Crippen LogP contribution is -2.04. The first kappa shape index (κ1) is 24.0. The summed E-state index contributed by atoms with van der Waals surface area (Å²) in [6.07, 6.45) is 7.89. The van der Waals surface area contributed by atoms with Gasteiger partial charge < -0.3 is 14.2 Å². The summed E-state index contributed by atoms with van der Waals surface area (Å²) < 4.78 is 18.6. The van der Waals surface area contributed by atoms with Crippen LogP contribution in [0, 0.1) is 0 Å². The molecule has 0 saturated carbocycles. The number of hydrogen-bond acceptors (Lipinski definition) is 5. The van der Waals surface area contributed by atoms with Crippen LogP contribution in [0.25, 0.3) is 0 Å². The van der Waals surface area contributed by atoms with Gasteiger partial charge in [0.1, 0.15) is 29.5 Å². The van der Waals surface area contributed by atoms with Crippen molar-refractivity contribution < 1.29 is 18.7 Å². The highest BCUT2D eigenvalue weighted by Crippen LogP contribution is 2.44. The van der Waals surface area contributed by atoms with Crippen molar-refractivity contribution in [3.8, 4) is 17.2 Å². The number of hydrogen-bond donors (Lipinski definition) is 1. The van der Waals surface area contributed by atoms with Crippen LogP contribution in [0.5, 0.6) is 17.2 Å². The summed E-state index contributed by atoms with van der Waals surface area (Å²) in [6.45, 7) is 4.44. The van der Waals surface area contributed by atoms with E-state index in [1.807, 2.05) is 36.4 Å². The standard InChI is InChI=1S/C26H32NO4P/c1-3-5-12-21-14-7-9-17-25(21)30-32(29-20-23-24(28)16-11-19-27-23)31-26-18-10-8-15-22(26)13-6-4-2/h7-11,14-19,28H,3-6,12-13,20H2,1-2H3. The Kier molecular flexibility index (Phi) is 9.80. The van der Waals surface area contributed by atoms with Crippen molar-refractivity contribution in [1.29, 1.82) is 0 Å². The Hall–Kier alpha value is -2.62. The van der Waals surface area contributed by atoms with Crippen LogP contribution in [0.15, 0.2) is 66.9 Å². The number of benzene rings is 2. The zero-order valence-electron chi connectivity index (χ0n) is 18.9. The monoisotopic (exact) mass is 453 g/mol. The Morgan fingerprint density at radius 2 is 1.34 bits per heavy atom. The normalized spacial score (nSPS) is 11.0. The topological polar surface area (TPSA) is 60.8 Å². The number of aromatic nitrogens is 1. The van der Waals surface area contributed by atoms with E-state index in [0.717, 1.165) is 61.2 Å². The van der Waals surface area contributed by atoms with Gasteiger partial charge in [-0.1, -0.05) is 63.1 Å². The summed E-state index contributed by atoms with van der Waals surface area (Å²) in [5.41, 5.74) is 2.72. The first-order chi connectivity index (χ1) is 15.7. The molecule has 1 aromatic heterocycles. The molecule has 0 bridgehead atoms. The first-order valence-corrected chi connectivity index (χ1v) is 12.4. The van der Waals surface area contributed by atoms with E-state index in [2.05, 4.69) is 31.0 Å². The average Bonchev–Trinajstić information content (AvgIpc) is 2.82. The predicted octanol–water partition coefficient (Wildman–Crippen LogP) is 7.37. The highest BCUT2D eigenvalue weighted by Gasteiger charge is 2.21. The second kappa shape index (κ2) is 13.0. The van der Waals surface area contributed by atoms with Gasteiger partial charge in [-0.3, -0.25) is 9.51 Å². The largest absolute Gasteiger partial charge is 0.506 e. The van der Waals surface area contributed by atoms with E-state index in [1.54, 1.807) is 18.3 Å². The molecule has 0 aliphatic carbocycles. The number of aromatic hydroxyl groups is 1. The fourth-order valence-electron chi connectivity index (χ4n) is 3.22. The summed E-state index contributed by atoms with van der Waals surface area (Å²) in [4.78, 5) is 4.20. The summed E-state index contributed by atoms with van der Waals surface area (Å²) in [5, 5.41) is 10.1. The molecule has 6 heteroatoms. The molecule has 0 fully saturated rings. The molecule has 2 aromatic carbocycles. The molecule has 0 amide bonds. The minimum absolute atomic E-state index is 0.0899. The third-order valence-corrected chi connectivity index (χ3v) is 6.09. The van der Waals surface area contributed by atoms with Gasteiger partial charge in [-0.15, -0.1) is 0 Å². The third kappa shape index (κ3) is 7.22. The molecule has 0 aliphatic rings. The molecular weight excluding hydrogens is 421 g/mol. The van der Waals surface area contributed by atoms with Gasteiger partial charge in [-0.2, -0.15) is 0 Å². The number of para-hydroxylation sites is 2. The molecular formula is C26H32NO4P. The Bertz CT molecular complexity index is 912. The smallest absolute Gasteiger partial charge is 0.463 e. The molecule has 0 radical (unpaired) electrons. The SMILES string of the molecule is CCCCc1ccccc1OP(OCc1ncccc1O)Oc1ccccc1CCCC. The van der Waals surface area contributed by atoms with Crippen LogP contribution in [-0.4, -0.2) is 10.1 Å². The summed E-state index contributed by atoms with van der Waals surface area (Å²) >= 11 is 0. The minimum atomic E-state index is -1.76. The molecule has 0 saturated heterocycles. The quantitative estimate of drug-likeness (QED) is 0.274. The minimum Gasteiger partial charge on any atom is -0.506 e. The maximum atomic E-state index is 10.1. The molecule has 5 nitrogen and oxygen atoms in total. The highest BCUT2D eigenvalue weighted by molar-refractivity contribution is 7.42. The number of pyridine rings is 1. The molecule has 3 aromatic rings. The molecule has 3 rings (SSSR count). The fourth-order valence-corrected chi connectivity index (χ4v) is 4.27. The molecule has 0 spiro atoms. The molecule has 170 valence electrons. The number of aryl methyl sites for hydroxylation is 2. The molecule has 0 unspecified atom stereocenters. The summed E-state index contributed by atoms with van der Waals surface area (Å²) in [7, 11) is -1.76. The zero-order valence-corrected chi connectivity index (χ0v) is 19.8. The number of nitrogens with zero attached hydrogens (tertiary/aromatic N) is 1. The average molecular weight is 454 g/mol. The van der Waals surface area contributed by atoms with E-state index in [0.29, 0.717) is 5.69 Å². The lowest BCUT2D eigenvalue weighted by molar-refractivity contribution is 0.248. The van der Waals surface area contributed by atoms with Gasteiger partial charge in [0, 0.05) is 6.20 Å². The van der Waals surface area contributed by atoms with Gasteiger partial charge in [-0.25, -0.2) is 0 Å². The lowest BCUT2D eigenvalue weighted by Gasteiger charge is -2.20. The zero-order chi connectivity index (χ0) is 22.6. The highest BCUT2D eigenvalue weighted by atomic mass is 31.2. The van der Waals surface area contributed by atoms with E-state index < -0.39 is 8.60 Å². The Morgan fingerprint density at radius 1 is 0.781 bits per heavy atom. The van der Waals surface area contributed by atoms with Crippen LogP contribution in [0.4, 0.5) is 0 Å². The van der Waals surface area contributed by atoms with Gasteiger partial charge in [0.05, 0.1) is 0 Å². The Morgan fingerprint density at radius 3 is 1.88 bits per heavy atom. The predicted molar refractivity (Wildman–Crippen MR) is 129 cm³/mol. The maximum absolute atomic E-state index is 10.1. The van der Waals surface area contributed by atoms with E-state index in [9.17, 15) is 5.11 Å². The fraction of sp³-hybridized carbons (Fsp3) is 0.346. The third-order valence-electron chi connectivity index (χ3n) is 5.06. The van der Waals surface area contributed by atoms with Gasteiger partial charge in [0.15, 0.2) is 0 Å². The summed E-state index contributed by atoms with van der Waals surface area (Å²) in [6, 6.07) is 19.3. The second-order valence-electron chi connectivity index (χ2n) is 7.57. The van der Waals surface area contributed by atoms with Crippen molar-refractivity contribution >= 4 is 8.60 Å². The first-order valence-electron chi connectivity index (χ1n) is 11.3. The van der Waals surface area contributed by atoms with E-state index in [1.165, 1.54) is 0 Å². The van der Waals surface area contributed by atoms with Crippen LogP contribution in [0.3, 0.4) is 0 Å². The Balaban J connectivity index is 1.81. The van der Waals surface area contributed by atoms with E-state index in [-0.39, 0.29) is 12.4 Å². The van der Waals surface area contributed by atoms with Gasteiger partial charge in [0.2, 0.25) is 0 Å². The van der Waals surface area contributed by atoms with Crippen LogP contribution in [-0.2, 0) is 24.0 Å². The van der Waals surface area contributed by atoms with Crippen molar-refractivity contribution in [3.05, 3.63) is 83.7 Å². The van der Waals surface area contributed by atoms with Gasteiger partial charge in [0.25, 0.3) is 0 Å². The van der Waals surface area contributed by atoms with Crippen molar-refractivity contribution in [2.45, 2.75) is 59.0 Å².